The Bertz CT molecular complexity index is 694. The van der Waals surface area contributed by atoms with Gasteiger partial charge in [0.2, 0.25) is 5.91 Å². The maximum Gasteiger partial charge on any atom is 0.239 e. The first-order chi connectivity index (χ1) is 11.4. The quantitative estimate of drug-likeness (QED) is 0.381. The van der Waals surface area contributed by atoms with Crippen molar-refractivity contribution in [3.8, 4) is 23.0 Å². The largest absolute Gasteiger partial charge is 0.506 e. The molecule has 0 aliphatic heterocycles. The van der Waals surface area contributed by atoms with E-state index in [1.54, 1.807) is 24.3 Å². The lowest BCUT2D eigenvalue weighted by Crippen LogP contribution is -2.12. The number of alkyl halides is 1. The number of hydrogen-bond donors (Lipinski definition) is 4. The number of halogens is 1. The molecule has 0 heterocycles. The van der Waals surface area contributed by atoms with Gasteiger partial charge in [-0.15, -0.1) is 11.6 Å². The van der Waals surface area contributed by atoms with Gasteiger partial charge < -0.3 is 30.7 Å². The Morgan fingerprint density at radius 1 is 1.08 bits per heavy atom. The zero-order valence-electron chi connectivity index (χ0n) is 13.2. The number of methoxy groups -OCH3 is 2. The average molecular weight is 355 g/mol. The van der Waals surface area contributed by atoms with E-state index in [0.29, 0.717) is 22.9 Å². The highest BCUT2D eigenvalue weighted by Crippen LogP contribution is 2.27. The van der Waals surface area contributed by atoms with Crippen molar-refractivity contribution >= 4 is 28.9 Å². The lowest BCUT2D eigenvalue weighted by Gasteiger charge is -2.07. The molecule has 24 heavy (non-hydrogen) atoms. The Morgan fingerprint density at radius 3 is 2.08 bits per heavy atom. The number of phenols is 2. The maximum atomic E-state index is 10.9. The molecule has 0 unspecified atom stereocenters. The van der Waals surface area contributed by atoms with Gasteiger partial charge in [0, 0.05) is 12.1 Å². The molecule has 2 aromatic carbocycles. The fraction of sp³-hybridized carbons (Fsp3) is 0.188. The normalized spacial score (nSPS) is 9.46. The molecule has 0 aromatic heterocycles. The van der Waals surface area contributed by atoms with Crippen LogP contribution in [0.15, 0.2) is 36.4 Å². The SMILES string of the molecule is COc1ccc(N)c(O)c1.COc1ccc(NC(=O)CCl)c(O)c1. The third kappa shape index (κ3) is 5.77. The molecule has 0 saturated heterocycles. The van der Waals surface area contributed by atoms with Crippen LogP contribution >= 0.6 is 11.6 Å². The molecule has 0 radical (unpaired) electrons. The fourth-order valence-corrected chi connectivity index (χ4v) is 1.65. The molecule has 5 N–H and O–H groups in total. The summed E-state index contributed by atoms with van der Waals surface area (Å²) in [5.74, 6) is 0.609. The summed E-state index contributed by atoms with van der Waals surface area (Å²) in [6.45, 7) is 0. The van der Waals surface area contributed by atoms with Crippen LogP contribution in [0.5, 0.6) is 23.0 Å². The van der Waals surface area contributed by atoms with E-state index in [1.165, 1.54) is 26.4 Å². The first-order valence-corrected chi connectivity index (χ1v) is 7.30. The predicted molar refractivity (Wildman–Crippen MR) is 93.1 cm³/mol. The number of nitrogens with two attached hydrogens (primary N) is 1. The number of rotatable bonds is 4. The standard InChI is InChI=1S/C9H10ClNO3.C7H9NO2/c1-14-6-2-3-7(8(12)4-6)11-9(13)5-10;1-10-5-2-3-6(8)7(9)4-5/h2-4,12H,5H2,1H3,(H,11,13);2-4,9H,8H2,1H3. The van der Waals surface area contributed by atoms with E-state index in [9.17, 15) is 9.90 Å². The molecule has 0 aliphatic rings. The highest BCUT2D eigenvalue weighted by molar-refractivity contribution is 6.29. The number of anilines is 2. The molecule has 8 heteroatoms. The van der Waals surface area contributed by atoms with Gasteiger partial charge >= 0.3 is 0 Å². The van der Waals surface area contributed by atoms with Crippen molar-refractivity contribution in [1.82, 2.24) is 0 Å². The Hall–Kier alpha value is -2.80. The minimum absolute atomic E-state index is 0.0529. The van der Waals surface area contributed by atoms with E-state index in [0.717, 1.165) is 0 Å². The van der Waals surface area contributed by atoms with Crippen molar-refractivity contribution in [2.45, 2.75) is 0 Å². The van der Waals surface area contributed by atoms with Crippen LogP contribution in [0.4, 0.5) is 11.4 Å². The van der Waals surface area contributed by atoms with Crippen molar-refractivity contribution in [1.29, 1.82) is 0 Å². The summed E-state index contributed by atoms with van der Waals surface area (Å²) in [5.41, 5.74) is 6.02. The Labute approximate surface area is 144 Å². The van der Waals surface area contributed by atoms with E-state index >= 15 is 0 Å². The number of carbonyl (C=O) groups excluding carboxylic acids is 1. The smallest absolute Gasteiger partial charge is 0.239 e. The van der Waals surface area contributed by atoms with Gasteiger partial charge in [-0.2, -0.15) is 0 Å². The number of nitrogens with one attached hydrogen (secondary N) is 1. The molecule has 0 saturated carbocycles. The fourth-order valence-electron chi connectivity index (χ4n) is 1.58. The Kier molecular flexibility index (Phi) is 7.51. The third-order valence-corrected chi connectivity index (χ3v) is 3.08. The summed E-state index contributed by atoms with van der Waals surface area (Å²) in [4.78, 5) is 10.9. The van der Waals surface area contributed by atoms with Gasteiger partial charge in [0.05, 0.1) is 25.6 Å². The second kappa shape index (κ2) is 9.36. The van der Waals surface area contributed by atoms with Crippen molar-refractivity contribution < 1.29 is 24.5 Å². The van der Waals surface area contributed by atoms with Gasteiger partial charge in [-0.3, -0.25) is 4.79 Å². The molecule has 1 amide bonds. The first kappa shape index (κ1) is 19.2. The maximum absolute atomic E-state index is 10.9. The summed E-state index contributed by atoms with van der Waals surface area (Å²) >= 11 is 5.29. The van der Waals surface area contributed by atoms with Crippen molar-refractivity contribution in [2.75, 3.05) is 31.2 Å². The predicted octanol–water partition coefficient (Wildman–Crippen LogP) is 2.56. The first-order valence-electron chi connectivity index (χ1n) is 6.76. The van der Waals surface area contributed by atoms with Crippen LogP contribution in [-0.4, -0.2) is 36.2 Å². The number of benzene rings is 2. The summed E-state index contributed by atoms with van der Waals surface area (Å²) in [6, 6.07) is 9.32. The third-order valence-electron chi connectivity index (χ3n) is 2.84. The Morgan fingerprint density at radius 2 is 1.62 bits per heavy atom. The van der Waals surface area contributed by atoms with Gasteiger partial charge in [-0.05, 0) is 24.3 Å². The number of ether oxygens (including phenoxy) is 2. The van der Waals surface area contributed by atoms with Crippen LogP contribution in [-0.2, 0) is 4.79 Å². The molecule has 0 bridgehead atoms. The molecular formula is C16H19ClN2O5. The molecule has 0 fully saturated rings. The molecule has 2 aromatic rings. The number of phenolic OH excluding ortho intramolecular Hbond substituents is 2. The zero-order chi connectivity index (χ0) is 18.1. The summed E-state index contributed by atoms with van der Waals surface area (Å²) < 4.78 is 9.72. The van der Waals surface area contributed by atoms with Crippen LogP contribution in [0.3, 0.4) is 0 Å². The van der Waals surface area contributed by atoms with Crippen molar-refractivity contribution in [2.24, 2.45) is 0 Å². The van der Waals surface area contributed by atoms with Crippen LogP contribution in [0.1, 0.15) is 0 Å². The van der Waals surface area contributed by atoms with Crippen molar-refractivity contribution in [3.05, 3.63) is 36.4 Å². The monoisotopic (exact) mass is 354 g/mol. The van der Waals surface area contributed by atoms with E-state index in [2.05, 4.69) is 5.32 Å². The van der Waals surface area contributed by atoms with Gasteiger partial charge in [-0.1, -0.05) is 0 Å². The van der Waals surface area contributed by atoms with Crippen LogP contribution < -0.4 is 20.5 Å². The molecule has 0 spiro atoms. The zero-order valence-corrected chi connectivity index (χ0v) is 14.0. The molecule has 2 rings (SSSR count). The lowest BCUT2D eigenvalue weighted by atomic mass is 10.2. The van der Waals surface area contributed by atoms with E-state index in [1.807, 2.05) is 0 Å². The minimum atomic E-state index is -0.368. The van der Waals surface area contributed by atoms with Gasteiger partial charge in [0.1, 0.15) is 28.9 Å². The van der Waals surface area contributed by atoms with Gasteiger partial charge in [-0.25, -0.2) is 0 Å². The number of amides is 1. The Balaban J connectivity index is 0.000000254. The van der Waals surface area contributed by atoms with E-state index in [4.69, 9.17) is 31.9 Å². The topological polar surface area (TPSA) is 114 Å². The van der Waals surface area contributed by atoms with Crippen LogP contribution in [0.2, 0.25) is 0 Å². The van der Waals surface area contributed by atoms with Gasteiger partial charge in [0.15, 0.2) is 0 Å². The highest BCUT2D eigenvalue weighted by Gasteiger charge is 2.05. The minimum Gasteiger partial charge on any atom is -0.506 e. The van der Waals surface area contributed by atoms with E-state index in [-0.39, 0.29) is 23.3 Å². The van der Waals surface area contributed by atoms with Crippen molar-refractivity contribution in [3.63, 3.8) is 0 Å². The van der Waals surface area contributed by atoms with Gasteiger partial charge in [0.25, 0.3) is 0 Å². The van der Waals surface area contributed by atoms with Crippen LogP contribution in [0, 0.1) is 0 Å². The highest BCUT2D eigenvalue weighted by atomic mass is 35.5. The number of aromatic hydroxyl groups is 2. The molecule has 0 atom stereocenters. The second-order valence-electron chi connectivity index (χ2n) is 4.49. The number of hydrogen-bond acceptors (Lipinski definition) is 6. The summed E-state index contributed by atoms with van der Waals surface area (Å²) in [7, 11) is 3.02. The molecule has 7 nitrogen and oxygen atoms in total. The summed E-state index contributed by atoms with van der Waals surface area (Å²) in [5, 5.41) is 20.9. The second-order valence-corrected chi connectivity index (χ2v) is 4.76. The van der Waals surface area contributed by atoms with Crippen LogP contribution in [0.25, 0.3) is 0 Å². The number of nitrogen functional groups attached to an aromatic ring is 1. The molecule has 0 aliphatic carbocycles. The number of carbonyl (C=O) groups is 1. The lowest BCUT2D eigenvalue weighted by molar-refractivity contribution is -0.113. The molecular weight excluding hydrogens is 336 g/mol. The van der Waals surface area contributed by atoms with E-state index < -0.39 is 0 Å². The average Bonchev–Trinajstić information content (AvgIpc) is 2.59. The summed E-state index contributed by atoms with van der Waals surface area (Å²) in [6.07, 6.45) is 0. The molecule has 130 valence electrons.